The Kier molecular flexibility index (Phi) is 58.4. The lowest BCUT2D eigenvalue weighted by Gasteiger charge is -2.18. The van der Waals surface area contributed by atoms with Crippen molar-refractivity contribution in [1.29, 1.82) is 0 Å². The summed E-state index contributed by atoms with van der Waals surface area (Å²) in [6, 6.07) is 0. The Morgan fingerprint density at radius 1 is 0.293 bits per heavy atom. The van der Waals surface area contributed by atoms with E-state index >= 15 is 0 Å². The lowest BCUT2D eigenvalue weighted by molar-refractivity contribution is -0.166. The van der Waals surface area contributed by atoms with Crippen molar-refractivity contribution in [3.05, 3.63) is 134 Å². The Balaban J connectivity index is 4.40. The molecule has 0 saturated heterocycles. The predicted molar refractivity (Wildman–Crippen MR) is 325 cm³/mol. The molecule has 0 aliphatic heterocycles. The highest BCUT2D eigenvalue weighted by molar-refractivity contribution is 5.72. The summed E-state index contributed by atoms with van der Waals surface area (Å²) in [5.41, 5.74) is 0. The largest absolute Gasteiger partial charge is 0.462 e. The van der Waals surface area contributed by atoms with Crippen LogP contribution in [0.2, 0.25) is 0 Å². The number of allylic oxidation sites excluding steroid dienone is 21. The monoisotopic (exact) mass is 1040 g/mol. The predicted octanol–water partition coefficient (Wildman–Crippen LogP) is 21.0. The number of carbonyl (C=O) groups excluding carboxylic acids is 3. The quantitative estimate of drug-likeness (QED) is 0.0261. The lowest BCUT2D eigenvalue weighted by Crippen LogP contribution is -2.30. The van der Waals surface area contributed by atoms with E-state index in [9.17, 15) is 14.4 Å². The Hall–Kier alpha value is -4.45. The molecule has 0 fully saturated rings. The van der Waals surface area contributed by atoms with E-state index < -0.39 is 12.1 Å². The minimum absolute atomic E-state index is 0.0905. The van der Waals surface area contributed by atoms with Gasteiger partial charge in [0.1, 0.15) is 13.2 Å². The molecule has 0 saturated carbocycles. The molecule has 1 atom stereocenters. The van der Waals surface area contributed by atoms with Crippen molar-refractivity contribution in [2.45, 2.75) is 271 Å². The molecule has 1 unspecified atom stereocenters. The maximum absolute atomic E-state index is 12.8. The zero-order chi connectivity index (χ0) is 54.3. The molecule has 0 aliphatic rings. The van der Waals surface area contributed by atoms with Crippen LogP contribution in [0.25, 0.3) is 0 Å². The molecule has 424 valence electrons. The van der Waals surface area contributed by atoms with Crippen LogP contribution in [0.4, 0.5) is 0 Å². The summed E-state index contributed by atoms with van der Waals surface area (Å²) in [5.74, 6) is -1.07. The molecule has 0 amide bonds. The van der Waals surface area contributed by atoms with Crippen LogP contribution in [0, 0.1) is 0 Å². The third kappa shape index (κ3) is 60.3. The summed E-state index contributed by atoms with van der Waals surface area (Å²) in [6.07, 6.45) is 87.7. The topological polar surface area (TPSA) is 78.9 Å². The fraction of sp³-hybridized carbons (Fsp3) is 0.638. The third-order valence-corrected chi connectivity index (χ3v) is 12.7. The van der Waals surface area contributed by atoms with Gasteiger partial charge >= 0.3 is 17.9 Å². The number of carbonyl (C=O) groups is 3. The van der Waals surface area contributed by atoms with Gasteiger partial charge in [-0.25, -0.2) is 0 Å². The van der Waals surface area contributed by atoms with E-state index in [1.165, 1.54) is 109 Å². The van der Waals surface area contributed by atoms with Crippen molar-refractivity contribution in [3.63, 3.8) is 0 Å². The normalized spacial score (nSPS) is 13.1. The molecule has 0 aromatic carbocycles. The number of ether oxygens (including phenoxy) is 3. The van der Waals surface area contributed by atoms with Gasteiger partial charge < -0.3 is 14.2 Å². The van der Waals surface area contributed by atoms with Crippen LogP contribution < -0.4 is 0 Å². The number of hydrogen-bond acceptors (Lipinski definition) is 6. The first-order chi connectivity index (χ1) is 37.0. The van der Waals surface area contributed by atoms with Crippen molar-refractivity contribution >= 4 is 17.9 Å². The number of hydrogen-bond donors (Lipinski definition) is 0. The summed E-state index contributed by atoms with van der Waals surface area (Å²) in [5, 5.41) is 0. The summed E-state index contributed by atoms with van der Waals surface area (Å²) in [7, 11) is 0. The van der Waals surface area contributed by atoms with Gasteiger partial charge in [0.2, 0.25) is 0 Å². The number of rotatable bonds is 54. The Bertz CT molecular complexity index is 1620. The Morgan fingerprint density at radius 2 is 0.560 bits per heavy atom. The van der Waals surface area contributed by atoms with Crippen molar-refractivity contribution in [3.8, 4) is 0 Å². The van der Waals surface area contributed by atoms with Crippen molar-refractivity contribution in [2.75, 3.05) is 13.2 Å². The first kappa shape index (κ1) is 70.5. The van der Waals surface area contributed by atoms with Gasteiger partial charge in [0.25, 0.3) is 0 Å². The second-order valence-corrected chi connectivity index (χ2v) is 19.9. The second kappa shape index (κ2) is 62.1. The highest BCUT2D eigenvalue weighted by atomic mass is 16.6. The average molecular weight is 1040 g/mol. The first-order valence-electron chi connectivity index (χ1n) is 30.7. The molecule has 75 heavy (non-hydrogen) atoms. The van der Waals surface area contributed by atoms with Crippen molar-refractivity contribution in [2.24, 2.45) is 0 Å². The fourth-order valence-electron chi connectivity index (χ4n) is 8.13. The third-order valence-electron chi connectivity index (χ3n) is 12.7. The van der Waals surface area contributed by atoms with Crippen LogP contribution in [-0.2, 0) is 28.6 Å². The van der Waals surface area contributed by atoms with Crippen LogP contribution in [0.3, 0.4) is 0 Å². The molecule has 0 N–H and O–H groups in total. The standard InChI is InChI=1S/C69H112O6/c1-4-7-10-13-16-19-22-25-28-29-30-31-32-33-34-35-36-37-38-39-42-44-47-50-53-56-59-62-68(71)74-65-66(75-69(72)63-60-57-54-51-48-45-41-27-24-21-18-15-12-9-6-3)64-73-67(70)61-58-55-52-49-46-43-40-26-23-20-17-14-11-8-5-2/h7,9-10,12,16,18-19,21,25-28,30-31,33-34,40-41,48,51,57,60,66H,4-6,8,11,13-15,17,20,22-24,29,32,35-39,42-47,49-50,52-56,58-59,61-65H2,1-3H3/b10-7-,12-9-,19-16-,21-18-,28-25-,31-30-,34-33-,40-26-,41-27-,51-48-,60-57-. The van der Waals surface area contributed by atoms with Crippen LogP contribution in [0.1, 0.15) is 265 Å². The van der Waals surface area contributed by atoms with Gasteiger partial charge in [-0.3, -0.25) is 14.4 Å². The molecule has 0 heterocycles. The first-order valence-corrected chi connectivity index (χ1v) is 30.7. The molecule has 6 nitrogen and oxygen atoms in total. The van der Waals surface area contributed by atoms with Gasteiger partial charge in [0.15, 0.2) is 6.10 Å². The van der Waals surface area contributed by atoms with Crippen LogP contribution >= 0.6 is 0 Å². The van der Waals surface area contributed by atoms with E-state index in [1.54, 1.807) is 6.08 Å². The van der Waals surface area contributed by atoms with E-state index in [0.717, 1.165) is 109 Å². The Morgan fingerprint density at radius 3 is 0.893 bits per heavy atom. The van der Waals surface area contributed by atoms with Gasteiger partial charge in [0.05, 0.1) is 6.42 Å². The maximum Gasteiger partial charge on any atom is 0.310 e. The highest BCUT2D eigenvalue weighted by Gasteiger charge is 2.19. The van der Waals surface area contributed by atoms with Gasteiger partial charge in [-0.05, 0) is 116 Å². The van der Waals surface area contributed by atoms with Crippen molar-refractivity contribution < 1.29 is 28.6 Å². The van der Waals surface area contributed by atoms with E-state index in [-0.39, 0.29) is 31.6 Å². The zero-order valence-electron chi connectivity index (χ0n) is 48.5. The summed E-state index contributed by atoms with van der Waals surface area (Å²) < 4.78 is 16.8. The van der Waals surface area contributed by atoms with Crippen LogP contribution in [0.15, 0.2) is 134 Å². The fourth-order valence-corrected chi connectivity index (χ4v) is 8.13. The molecule has 0 radical (unpaired) electrons. The average Bonchev–Trinajstić information content (AvgIpc) is 3.41. The molecular weight excluding hydrogens is 925 g/mol. The molecule has 0 aromatic heterocycles. The van der Waals surface area contributed by atoms with Crippen LogP contribution in [0.5, 0.6) is 0 Å². The van der Waals surface area contributed by atoms with Crippen LogP contribution in [-0.4, -0.2) is 37.2 Å². The van der Waals surface area contributed by atoms with Gasteiger partial charge in [-0.2, -0.15) is 0 Å². The molecular formula is C69H112O6. The molecule has 0 spiro atoms. The summed E-state index contributed by atoms with van der Waals surface area (Å²) in [6.45, 7) is 6.32. The molecule has 0 aromatic rings. The van der Waals surface area contributed by atoms with Gasteiger partial charge in [0, 0.05) is 12.8 Å². The number of esters is 3. The van der Waals surface area contributed by atoms with Gasteiger partial charge in [-0.15, -0.1) is 0 Å². The Labute approximate surface area is 462 Å². The minimum atomic E-state index is -0.842. The number of unbranched alkanes of at least 4 members (excludes halogenated alkanes) is 22. The minimum Gasteiger partial charge on any atom is -0.462 e. The van der Waals surface area contributed by atoms with E-state index in [1.807, 2.05) is 6.08 Å². The van der Waals surface area contributed by atoms with E-state index in [4.69, 9.17) is 14.2 Å². The van der Waals surface area contributed by atoms with E-state index in [2.05, 4.69) is 142 Å². The molecule has 6 heteroatoms. The highest BCUT2D eigenvalue weighted by Crippen LogP contribution is 2.15. The summed E-state index contributed by atoms with van der Waals surface area (Å²) >= 11 is 0. The molecule has 0 rings (SSSR count). The van der Waals surface area contributed by atoms with E-state index in [0.29, 0.717) is 19.3 Å². The lowest BCUT2D eigenvalue weighted by atomic mass is 10.0. The van der Waals surface area contributed by atoms with Crippen molar-refractivity contribution in [1.82, 2.24) is 0 Å². The second-order valence-electron chi connectivity index (χ2n) is 19.9. The SMILES string of the molecule is CC/C=C\C/C=C\C/C=C\C/C=C\C/C=C\CCCCCCCCCCCCCC(=O)OCC(COC(=O)CCCCCCC/C=C\CCCCCCCC)OC(=O)C/C=C\C/C=C\C/C=C\C/C=C\C/C=C\CC. The maximum atomic E-state index is 12.8. The van der Waals surface area contributed by atoms with Gasteiger partial charge in [-0.1, -0.05) is 264 Å². The smallest absolute Gasteiger partial charge is 0.310 e. The molecule has 0 aliphatic carbocycles. The molecule has 0 bridgehead atoms. The zero-order valence-corrected chi connectivity index (χ0v) is 48.5. The summed E-state index contributed by atoms with van der Waals surface area (Å²) in [4.78, 5) is 38.2.